The number of benzene rings is 1. The Morgan fingerprint density at radius 2 is 1.86 bits per heavy atom. The number of amides is 3. The second-order valence-corrected chi connectivity index (χ2v) is 11.2. The van der Waals surface area contributed by atoms with Crippen molar-refractivity contribution in [1.29, 1.82) is 0 Å². The molecule has 0 spiro atoms. The maximum absolute atomic E-state index is 13.1. The van der Waals surface area contributed by atoms with Gasteiger partial charge < -0.3 is 25.2 Å². The minimum Gasteiger partial charge on any atom is -0.477 e. The molecule has 0 radical (unpaired) electrons. The van der Waals surface area contributed by atoms with E-state index in [1.54, 1.807) is 30.3 Å². The van der Waals surface area contributed by atoms with E-state index in [1.807, 2.05) is 0 Å². The van der Waals surface area contributed by atoms with Gasteiger partial charge in [0, 0.05) is 18.2 Å². The average molecular weight is 581 g/mol. The standard InChI is InChI=1S/C21H20Cl3N3O8S/c1-10(28)34-7-12-8-36-18-14(17(30)27(18)15(12)19(31)32)25-16(29)13(11-5-3-2-4-6-11)26-20(33)35-9-21(22,23)24/h2-6,13-14,18H,7-9H2,1H3,(H,25,29)(H,26,33)(H,31,32)/t13-,14+,18-/m0/s1. The van der Waals surface area contributed by atoms with E-state index in [0.29, 0.717) is 5.56 Å². The second-order valence-electron chi connectivity index (χ2n) is 7.61. The average Bonchev–Trinajstić information content (AvgIpc) is 2.82. The lowest BCUT2D eigenvalue weighted by Gasteiger charge is -2.49. The number of nitrogens with one attached hydrogen (secondary N) is 2. The SMILES string of the molecule is CC(=O)OCC1=C(C(=O)O)N2C(=O)[C@@H](NC(=O)[C@@H](NC(=O)OCC(Cl)(Cl)Cl)c3ccccc3)[C@@H]2SC1. The van der Waals surface area contributed by atoms with E-state index in [4.69, 9.17) is 44.3 Å². The quantitative estimate of drug-likeness (QED) is 0.239. The number of nitrogens with zero attached hydrogens (tertiary/aromatic N) is 1. The third-order valence-corrected chi connectivity index (χ3v) is 6.69. The summed E-state index contributed by atoms with van der Waals surface area (Å²) in [5.41, 5.74) is 0.358. The molecule has 1 fully saturated rings. The Hall–Kier alpha value is -2.67. The molecule has 0 saturated carbocycles. The van der Waals surface area contributed by atoms with Gasteiger partial charge in [-0.05, 0) is 5.56 Å². The van der Waals surface area contributed by atoms with Crippen LogP contribution in [-0.2, 0) is 28.7 Å². The van der Waals surface area contributed by atoms with E-state index < -0.39 is 57.7 Å². The van der Waals surface area contributed by atoms with Crippen LogP contribution in [0.1, 0.15) is 18.5 Å². The van der Waals surface area contributed by atoms with Crippen molar-refractivity contribution in [3.05, 3.63) is 47.2 Å². The number of fused-ring (bicyclic) bond motifs is 1. The number of rotatable bonds is 8. The highest BCUT2D eigenvalue weighted by molar-refractivity contribution is 8.00. The molecule has 2 aliphatic heterocycles. The van der Waals surface area contributed by atoms with E-state index in [0.717, 1.165) is 4.90 Å². The monoisotopic (exact) mass is 579 g/mol. The summed E-state index contributed by atoms with van der Waals surface area (Å²) >= 11 is 17.9. The van der Waals surface area contributed by atoms with Gasteiger partial charge in [0.2, 0.25) is 9.70 Å². The van der Waals surface area contributed by atoms with Crippen LogP contribution in [0.25, 0.3) is 0 Å². The summed E-state index contributed by atoms with van der Waals surface area (Å²) in [5, 5.41) is 13.9. The number of esters is 1. The van der Waals surface area contributed by atoms with Crippen LogP contribution in [0.3, 0.4) is 0 Å². The first kappa shape index (κ1) is 27.9. The lowest BCUT2D eigenvalue weighted by molar-refractivity contribution is -0.151. The first-order chi connectivity index (χ1) is 16.9. The Morgan fingerprint density at radius 1 is 1.19 bits per heavy atom. The van der Waals surface area contributed by atoms with Crippen LogP contribution in [0.2, 0.25) is 0 Å². The van der Waals surface area contributed by atoms with Gasteiger partial charge in [0.05, 0.1) is 0 Å². The fourth-order valence-corrected chi connectivity index (χ4v) is 4.96. The molecule has 36 heavy (non-hydrogen) atoms. The van der Waals surface area contributed by atoms with Gasteiger partial charge in [-0.2, -0.15) is 0 Å². The highest BCUT2D eigenvalue weighted by atomic mass is 35.6. The Kier molecular flexibility index (Phi) is 8.98. The third-order valence-electron chi connectivity index (χ3n) is 5.02. The van der Waals surface area contributed by atoms with Crippen molar-refractivity contribution < 1.29 is 38.6 Å². The number of halogens is 3. The van der Waals surface area contributed by atoms with Crippen molar-refractivity contribution in [1.82, 2.24) is 15.5 Å². The Balaban J connectivity index is 1.74. The number of carboxylic acid groups (broad SMARTS) is 1. The van der Waals surface area contributed by atoms with Crippen molar-refractivity contribution in [2.24, 2.45) is 0 Å². The van der Waals surface area contributed by atoms with Crippen molar-refractivity contribution >= 4 is 76.4 Å². The fraction of sp³-hybridized carbons (Fsp3) is 0.381. The normalized spacial score (nSPS) is 20.0. The number of carbonyl (C=O) groups excluding carboxylic acids is 4. The largest absolute Gasteiger partial charge is 0.477 e. The van der Waals surface area contributed by atoms with Crippen molar-refractivity contribution in [2.45, 2.75) is 28.2 Å². The van der Waals surface area contributed by atoms with Gasteiger partial charge in [0.1, 0.15) is 36.4 Å². The zero-order valence-corrected chi connectivity index (χ0v) is 21.6. The van der Waals surface area contributed by atoms with E-state index in [1.165, 1.54) is 18.7 Å². The van der Waals surface area contributed by atoms with Gasteiger partial charge in [-0.25, -0.2) is 9.59 Å². The van der Waals surface area contributed by atoms with Crippen molar-refractivity contribution in [3.63, 3.8) is 0 Å². The summed E-state index contributed by atoms with van der Waals surface area (Å²) in [6, 6.07) is 5.83. The fourth-order valence-electron chi connectivity index (χ4n) is 3.47. The van der Waals surface area contributed by atoms with Gasteiger partial charge >= 0.3 is 18.0 Å². The molecule has 0 aromatic heterocycles. The van der Waals surface area contributed by atoms with Gasteiger partial charge in [0.25, 0.3) is 5.91 Å². The van der Waals surface area contributed by atoms with Crippen molar-refractivity contribution in [2.75, 3.05) is 19.0 Å². The van der Waals surface area contributed by atoms with Crippen molar-refractivity contribution in [3.8, 4) is 0 Å². The lowest BCUT2D eigenvalue weighted by atomic mass is 10.0. The minimum atomic E-state index is -1.86. The maximum Gasteiger partial charge on any atom is 0.408 e. The van der Waals surface area contributed by atoms with Gasteiger partial charge in [-0.3, -0.25) is 19.3 Å². The number of carboxylic acids is 1. The zero-order valence-electron chi connectivity index (χ0n) is 18.5. The molecule has 1 saturated heterocycles. The molecular formula is C21H20Cl3N3O8S. The van der Waals surface area contributed by atoms with Crippen LogP contribution in [-0.4, -0.2) is 74.0 Å². The second kappa shape index (κ2) is 11.6. The first-order valence-corrected chi connectivity index (χ1v) is 12.5. The number of alkyl carbamates (subject to hydrolysis) is 1. The maximum atomic E-state index is 13.1. The number of hydrogen-bond acceptors (Lipinski definition) is 8. The molecular weight excluding hydrogens is 561 g/mol. The van der Waals surface area contributed by atoms with Gasteiger partial charge in [-0.15, -0.1) is 11.8 Å². The summed E-state index contributed by atoms with van der Waals surface area (Å²) in [6.45, 7) is 0.347. The number of ether oxygens (including phenoxy) is 2. The van der Waals surface area contributed by atoms with Crippen LogP contribution in [0, 0.1) is 0 Å². The van der Waals surface area contributed by atoms with Gasteiger partial charge in [-0.1, -0.05) is 65.1 Å². The molecule has 1 aromatic carbocycles. The molecule has 3 N–H and O–H groups in total. The number of hydrogen-bond donors (Lipinski definition) is 3. The van der Waals surface area contributed by atoms with E-state index in [9.17, 15) is 29.1 Å². The van der Waals surface area contributed by atoms with E-state index in [2.05, 4.69) is 10.6 Å². The molecule has 1 aromatic rings. The van der Waals surface area contributed by atoms with Gasteiger partial charge in [0.15, 0.2) is 0 Å². The van der Waals surface area contributed by atoms with Crippen LogP contribution < -0.4 is 10.6 Å². The minimum absolute atomic E-state index is 0.166. The number of β-lactam (4-membered cyclic amide) rings is 1. The molecule has 0 aliphatic carbocycles. The first-order valence-electron chi connectivity index (χ1n) is 10.3. The number of carbonyl (C=O) groups is 5. The summed E-state index contributed by atoms with van der Waals surface area (Å²) in [4.78, 5) is 62.2. The topological polar surface area (TPSA) is 151 Å². The Bertz CT molecular complexity index is 1100. The molecule has 3 amide bonds. The lowest BCUT2D eigenvalue weighted by Crippen LogP contribution is -2.71. The zero-order chi connectivity index (χ0) is 26.6. The molecule has 3 rings (SSSR count). The molecule has 11 nitrogen and oxygen atoms in total. The molecule has 2 heterocycles. The summed E-state index contributed by atoms with van der Waals surface area (Å²) in [5.74, 6) is -3.19. The molecule has 3 atom stereocenters. The number of aliphatic carboxylic acids is 1. The van der Waals surface area contributed by atoms with E-state index >= 15 is 0 Å². The summed E-state index contributed by atoms with van der Waals surface area (Å²) in [7, 11) is 0. The number of thioether (sulfide) groups is 1. The molecule has 0 bridgehead atoms. The van der Waals surface area contributed by atoms with Crippen LogP contribution in [0.4, 0.5) is 4.79 Å². The smallest absolute Gasteiger partial charge is 0.408 e. The molecule has 2 aliphatic rings. The Labute approximate surface area is 224 Å². The van der Waals surface area contributed by atoms with Crippen LogP contribution in [0.5, 0.6) is 0 Å². The highest BCUT2D eigenvalue weighted by Gasteiger charge is 2.54. The van der Waals surface area contributed by atoms with Crippen LogP contribution in [0.15, 0.2) is 41.6 Å². The highest BCUT2D eigenvalue weighted by Crippen LogP contribution is 2.40. The summed E-state index contributed by atoms with van der Waals surface area (Å²) in [6.07, 6.45) is -1.04. The van der Waals surface area contributed by atoms with Crippen LogP contribution >= 0.6 is 46.6 Å². The predicted octanol–water partition coefficient (Wildman–Crippen LogP) is 2.13. The molecule has 15 heteroatoms. The third kappa shape index (κ3) is 6.75. The summed E-state index contributed by atoms with van der Waals surface area (Å²) < 4.78 is 7.88. The number of alkyl halides is 3. The predicted molar refractivity (Wildman–Crippen MR) is 130 cm³/mol. The molecule has 0 unspecified atom stereocenters. The van der Waals surface area contributed by atoms with E-state index in [-0.39, 0.29) is 23.6 Å². The molecule has 194 valence electrons. The Morgan fingerprint density at radius 3 is 2.44 bits per heavy atom.